The number of fused-ring (bicyclic) bond motifs is 2. The standard InChI is InChI=1S/C19H19N5O/c1-19(6-7-19)24-16-3-2-14-17(23-16)11(4-8-20-14)15-10-12-13(22-15)5-9-21-18(12)25/h2-4,8,10,22H,5-7,9H2,1H3,(H,21,25)(H,23,24). The molecule has 1 fully saturated rings. The fraction of sp³-hybridized carbons (Fsp3) is 0.316. The normalized spacial score (nSPS) is 17.9. The van der Waals surface area contributed by atoms with E-state index < -0.39 is 0 Å². The van der Waals surface area contributed by atoms with Crippen LogP contribution in [0.4, 0.5) is 5.82 Å². The summed E-state index contributed by atoms with van der Waals surface area (Å²) in [4.78, 5) is 24.7. The summed E-state index contributed by atoms with van der Waals surface area (Å²) < 4.78 is 0. The summed E-state index contributed by atoms with van der Waals surface area (Å²) in [5, 5.41) is 6.39. The largest absolute Gasteiger partial charge is 0.365 e. The predicted molar refractivity (Wildman–Crippen MR) is 96.6 cm³/mol. The van der Waals surface area contributed by atoms with E-state index in [4.69, 9.17) is 4.98 Å². The van der Waals surface area contributed by atoms with Crippen LogP contribution in [0.3, 0.4) is 0 Å². The molecule has 1 aliphatic heterocycles. The smallest absolute Gasteiger partial charge is 0.253 e. The van der Waals surface area contributed by atoms with Gasteiger partial charge in [-0.3, -0.25) is 9.78 Å². The lowest BCUT2D eigenvalue weighted by molar-refractivity contribution is 0.0946. The van der Waals surface area contributed by atoms with Crippen LogP contribution >= 0.6 is 0 Å². The number of nitrogens with one attached hydrogen (secondary N) is 3. The summed E-state index contributed by atoms with van der Waals surface area (Å²) >= 11 is 0. The van der Waals surface area contributed by atoms with Crippen molar-refractivity contribution >= 4 is 22.8 Å². The van der Waals surface area contributed by atoms with Gasteiger partial charge in [0.25, 0.3) is 5.91 Å². The number of carbonyl (C=O) groups is 1. The van der Waals surface area contributed by atoms with E-state index in [9.17, 15) is 4.79 Å². The van der Waals surface area contributed by atoms with Crippen molar-refractivity contribution in [1.82, 2.24) is 20.3 Å². The molecule has 0 aromatic carbocycles. The van der Waals surface area contributed by atoms with E-state index in [0.29, 0.717) is 6.54 Å². The molecule has 0 saturated heterocycles. The van der Waals surface area contributed by atoms with Gasteiger partial charge in [-0.1, -0.05) is 0 Å². The highest BCUT2D eigenvalue weighted by Crippen LogP contribution is 2.38. The molecule has 6 nitrogen and oxygen atoms in total. The number of carbonyl (C=O) groups excluding carboxylic acids is 1. The predicted octanol–water partition coefficient (Wildman–Crippen LogP) is 2.88. The Kier molecular flexibility index (Phi) is 2.92. The number of aromatic amines is 1. The van der Waals surface area contributed by atoms with Gasteiger partial charge in [-0.2, -0.15) is 0 Å². The Hall–Kier alpha value is -2.89. The fourth-order valence-electron chi connectivity index (χ4n) is 3.37. The number of H-pyrrole nitrogens is 1. The van der Waals surface area contributed by atoms with Crippen molar-refractivity contribution in [3.63, 3.8) is 0 Å². The van der Waals surface area contributed by atoms with Crippen molar-refractivity contribution in [2.45, 2.75) is 31.7 Å². The van der Waals surface area contributed by atoms with Gasteiger partial charge in [0, 0.05) is 41.7 Å². The van der Waals surface area contributed by atoms with Gasteiger partial charge in [-0.25, -0.2) is 4.98 Å². The first-order valence-corrected chi connectivity index (χ1v) is 8.66. The topological polar surface area (TPSA) is 82.7 Å². The molecule has 0 spiro atoms. The quantitative estimate of drug-likeness (QED) is 0.688. The number of nitrogens with zero attached hydrogens (tertiary/aromatic N) is 2. The number of hydrogen-bond donors (Lipinski definition) is 3. The van der Waals surface area contributed by atoms with Crippen LogP contribution in [0.5, 0.6) is 0 Å². The lowest BCUT2D eigenvalue weighted by Gasteiger charge is -2.13. The molecule has 0 unspecified atom stereocenters. The summed E-state index contributed by atoms with van der Waals surface area (Å²) in [5.41, 5.74) is 5.46. The number of hydrogen-bond acceptors (Lipinski definition) is 4. The van der Waals surface area contributed by atoms with Crippen LogP contribution in [0.2, 0.25) is 0 Å². The van der Waals surface area contributed by atoms with Gasteiger partial charge in [-0.15, -0.1) is 0 Å². The van der Waals surface area contributed by atoms with E-state index in [2.05, 4.69) is 27.5 Å². The van der Waals surface area contributed by atoms with Crippen molar-refractivity contribution in [1.29, 1.82) is 0 Å². The summed E-state index contributed by atoms with van der Waals surface area (Å²) in [6.45, 7) is 2.88. The molecule has 3 aromatic heterocycles. The second kappa shape index (κ2) is 5.05. The maximum atomic E-state index is 12.0. The Morgan fingerprint density at radius 2 is 2.08 bits per heavy atom. The molecule has 25 heavy (non-hydrogen) atoms. The number of pyridine rings is 2. The third kappa shape index (κ3) is 2.45. The number of anilines is 1. The van der Waals surface area contributed by atoms with Crippen molar-refractivity contribution in [2.75, 3.05) is 11.9 Å². The van der Waals surface area contributed by atoms with Crippen molar-refractivity contribution in [2.24, 2.45) is 0 Å². The Labute approximate surface area is 145 Å². The van der Waals surface area contributed by atoms with Crippen LogP contribution in [0.25, 0.3) is 22.3 Å². The molecule has 3 N–H and O–H groups in total. The highest BCUT2D eigenvalue weighted by Gasteiger charge is 2.37. The molecule has 1 aliphatic carbocycles. The van der Waals surface area contributed by atoms with Gasteiger partial charge in [-0.05, 0) is 44.0 Å². The van der Waals surface area contributed by atoms with Crippen LogP contribution in [0, 0.1) is 0 Å². The molecule has 1 amide bonds. The van der Waals surface area contributed by atoms with Gasteiger partial charge in [0.05, 0.1) is 11.1 Å². The first kappa shape index (κ1) is 14.5. The van der Waals surface area contributed by atoms with Gasteiger partial charge in [0.1, 0.15) is 11.3 Å². The van der Waals surface area contributed by atoms with Crippen LogP contribution in [0.1, 0.15) is 35.8 Å². The number of aromatic nitrogens is 3. The third-order valence-electron chi connectivity index (χ3n) is 5.11. The minimum atomic E-state index is -0.0147. The van der Waals surface area contributed by atoms with Gasteiger partial charge < -0.3 is 15.6 Å². The second-order valence-corrected chi connectivity index (χ2v) is 7.19. The SMILES string of the molecule is CC1(Nc2ccc3nccc(-c4cc5c([nH]4)CCNC5=O)c3n2)CC1. The first-order chi connectivity index (χ1) is 12.1. The zero-order valence-corrected chi connectivity index (χ0v) is 14.0. The van der Waals surface area contributed by atoms with E-state index in [1.165, 1.54) is 12.8 Å². The van der Waals surface area contributed by atoms with E-state index in [1.807, 2.05) is 24.3 Å². The van der Waals surface area contributed by atoms with E-state index in [-0.39, 0.29) is 11.4 Å². The van der Waals surface area contributed by atoms with Crippen molar-refractivity contribution in [3.8, 4) is 11.3 Å². The average molecular weight is 333 g/mol. The minimum absolute atomic E-state index is 0.0147. The molecule has 0 radical (unpaired) electrons. The lowest BCUT2D eigenvalue weighted by Crippen LogP contribution is -2.31. The summed E-state index contributed by atoms with van der Waals surface area (Å²) in [6, 6.07) is 7.85. The molecule has 4 heterocycles. The Bertz CT molecular complexity index is 1000. The summed E-state index contributed by atoms with van der Waals surface area (Å²) in [5.74, 6) is 0.856. The molecule has 1 saturated carbocycles. The van der Waals surface area contributed by atoms with Crippen LogP contribution in [-0.4, -0.2) is 32.9 Å². The maximum Gasteiger partial charge on any atom is 0.253 e. The Balaban J connectivity index is 1.63. The fourth-order valence-corrected chi connectivity index (χ4v) is 3.37. The highest BCUT2D eigenvalue weighted by molar-refractivity contribution is 5.99. The third-order valence-corrected chi connectivity index (χ3v) is 5.11. The minimum Gasteiger partial charge on any atom is -0.365 e. The van der Waals surface area contributed by atoms with E-state index in [0.717, 1.165) is 45.8 Å². The molecule has 126 valence electrons. The Morgan fingerprint density at radius 1 is 1.20 bits per heavy atom. The highest BCUT2D eigenvalue weighted by atomic mass is 16.1. The molecule has 2 aliphatic rings. The van der Waals surface area contributed by atoms with Gasteiger partial charge in [0.2, 0.25) is 0 Å². The zero-order chi connectivity index (χ0) is 17.0. The lowest BCUT2D eigenvalue weighted by atomic mass is 10.1. The Morgan fingerprint density at radius 3 is 2.88 bits per heavy atom. The molecule has 6 heteroatoms. The molecule has 3 aromatic rings. The molecule has 5 rings (SSSR count). The second-order valence-electron chi connectivity index (χ2n) is 7.19. The van der Waals surface area contributed by atoms with Crippen molar-refractivity contribution in [3.05, 3.63) is 41.7 Å². The monoisotopic (exact) mass is 333 g/mol. The molecular formula is C19H19N5O. The zero-order valence-electron chi connectivity index (χ0n) is 14.0. The van der Waals surface area contributed by atoms with Crippen LogP contribution in [-0.2, 0) is 6.42 Å². The molecule has 0 atom stereocenters. The summed E-state index contributed by atoms with van der Waals surface area (Å²) in [7, 11) is 0. The van der Waals surface area contributed by atoms with Crippen LogP contribution in [0.15, 0.2) is 30.5 Å². The van der Waals surface area contributed by atoms with Crippen molar-refractivity contribution < 1.29 is 4.79 Å². The first-order valence-electron chi connectivity index (χ1n) is 8.66. The van der Waals surface area contributed by atoms with Gasteiger partial charge >= 0.3 is 0 Å². The molecular weight excluding hydrogens is 314 g/mol. The van der Waals surface area contributed by atoms with E-state index in [1.54, 1.807) is 6.20 Å². The number of amides is 1. The maximum absolute atomic E-state index is 12.0. The number of rotatable bonds is 3. The average Bonchev–Trinajstić information content (AvgIpc) is 3.17. The van der Waals surface area contributed by atoms with Crippen LogP contribution < -0.4 is 10.6 Å². The van der Waals surface area contributed by atoms with E-state index >= 15 is 0 Å². The van der Waals surface area contributed by atoms with Gasteiger partial charge in [0.15, 0.2) is 0 Å². The summed E-state index contributed by atoms with van der Waals surface area (Å²) in [6.07, 6.45) is 4.95. The molecule has 0 bridgehead atoms.